The van der Waals surface area contributed by atoms with E-state index in [-0.39, 0.29) is 5.41 Å². The summed E-state index contributed by atoms with van der Waals surface area (Å²) in [5.74, 6) is 0.959. The predicted molar refractivity (Wildman–Crippen MR) is 90.2 cm³/mol. The van der Waals surface area contributed by atoms with Crippen molar-refractivity contribution < 1.29 is 4.79 Å². The molecule has 5 heteroatoms. The Balaban J connectivity index is 1.98. The van der Waals surface area contributed by atoms with Crippen LogP contribution in [0.2, 0.25) is 0 Å². The Morgan fingerprint density at radius 3 is 2.39 bits per heavy atom. The molecule has 0 aliphatic heterocycles. The van der Waals surface area contributed by atoms with Gasteiger partial charge >= 0.3 is 0 Å². The lowest BCUT2D eigenvalue weighted by molar-refractivity contribution is 0.112. The molecule has 0 fully saturated rings. The van der Waals surface area contributed by atoms with Gasteiger partial charge in [0.05, 0.1) is 5.41 Å². The topological polar surface area (TPSA) is 84.7 Å². The number of hydrogen-bond acceptors (Lipinski definition) is 4. The second-order valence-electron chi connectivity index (χ2n) is 5.95. The zero-order chi connectivity index (χ0) is 16.4. The first kappa shape index (κ1) is 15.0. The van der Waals surface area contributed by atoms with Crippen molar-refractivity contribution in [1.82, 2.24) is 15.2 Å². The number of aldehydes is 1. The fourth-order valence-electron chi connectivity index (χ4n) is 2.61. The van der Waals surface area contributed by atoms with E-state index in [4.69, 9.17) is 5.73 Å². The van der Waals surface area contributed by atoms with E-state index < -0.39 is 0 Å². The van der Waals surface area contributed by atoms with Gasteiger partial charge < -0.3 is 5.73 Å². The molecule has 0 bridgehead atoms. The minimum Gasteiger partial charge on any atom is -0.368 e. The molecule has 0 radical (unpaired) electrons. The van der Waals surface area contributed by atoms with E-state index in [0.717, 1.165) is 23.0 Å². The molecule has 116 valence electrons. The van der Waals surface area contributed by atoms with Gasteiger partial charge in [-0.1, -0.05) is 48.5 Å². The van der Waals surface area contributed by atoms with Gasteiger partial charge in [0, 0.05) is 5.56 Å². The zero-order valence-electron chi connectivity index (χ0n) is 13.1. The van der Waals surface area contributed by atoms with Crippen LogP contribution >= 0.6 is 0 Å². The highest BCUT2D eigenvalue weighted by molar-refractivity contribution is 5.87. The molecule has 0 saturated carbocycles. The van der Waals surface area contributed by atoms with Crippen molar-refractivity contribution in [3.8, 4) is 11.1 Å². The van der Waals surface area contributed by atoms with Gasteiger partial charge in [-0.2, -0.15) is 10.1 Å². The quantitative estimate of drug-likeness (QED) is 0.725. The number of nitrogens with zero attached hydrogens (tertiary/aromatic N) is 2. The number of carbonyl (C=O) groups is 1. The van der Waals surface area contributed by atoms with Gasteiger partial charge in [0.2, 0.25) is 5.95 Å². The number of rotatable bonds is 4. The first-order chi connectivity index (χ1) is 11.0. The third-order valence-corrected chi connectivity index (χ3v) is 4.07. The normalized spacial score (nSPS) is 11.4. The van der Waals surface area contributed by atoms with Crippen molar-refractivity contribution in [2.24, 2.45) is 0 Å². The molecule has 0 saturated heterocycles. The van der Waals surface area contributed by atoms with Gasteiger partial charge in [0.15, 0.2) is 12.1 Å². The molecule has 0 spiro atoms. The molecule has 1 aromatic heterocycles. The number of nitrogens with two attached hydrogens (primary N) is 1. The number of benzene rings is 2. The van der Waals surface area contributed by atoms with Crippen LogP contribution in [-0.2, 0) is 5.41 Å². The number of anilines is 1. The van der Waals surface area contributed by atoms with Gasteiger partial charge in [-0.05, 0) is 30.5 Å². The molecular formula is C18H18N4O. The lowest BCUT2D eigenvalue weighted by atomic mass is 9.83. The number of nitrogen functional groups attached to an aromatic ring is 1. The third kappa shape index (κ3) is 2.73. The van der Waals surface area contributed by atoms with Crippen LogP contribution in [0.3, 0.4) is 0 Å². The molecule has 3 rings (SSSR count). The maximum atomic E-state index is 11.2. The second kappa shape index (κ2) is 5.68. The van der Waals surface area contributed by atoms with Gasteiger partial charge in [0.1, 0.15) is 0 Å². The van der Waals surface area contributed by atoms with Crippen molar-refractivity contribution in [3.05, 3.63) is 65.5 Å². The Kier molecular flexibility index (Phi) is 3.70. The van der Waals surface area contributed by atoms with Gasteiger partial charge in [-0.25, -0.2) is 5.10 Å². The molecule has 3 N–H and O–H groups in total. The minimum absolute atomic E-state index is 0.310. The van der Waals surface area contributed by atoms with Crippen molar-refractivity contribution in [3.63, 3.8) is 0 Å². The highest BCUT2D eigenvalue weighted by Gasteiger charge is 2.27. The summed E-state index contributed by atoms with van der Waals surface area (Å²) in [6, 6.07) is 15.6. The van der Waals surface area contributed by atoms with Gasteiger partial charge in [-0.3, -0.25) is 4.79 Å². The monoisotopic (exact) mass is 306 g/mol. The van der Waals surface area contributed by atoms with Crippen molar-refractivity contribution >= 4 is 12.2 Å². The molecular weight excluding hydrogens is 288 g/mol. The predicted octanol–water partition coefficient (Wildman–Crippen LogP) is 3.19. The van der Waals surface area contributed by atoms with Gasteiger partial charge in [-0.15, -0.1) is 0 Å². The van der Waals surface area contributed by atoms with Crippen LogP contribution in [0.4, 0.5) is 5.95 Å². The molecule has 0 aliphatic rings. The SMILES string of the molecule is CC(C)(c1ccc(-c2ccccc2C=O)cc1)c1n[nH]c(N)n1. The van der Waals surface area contributed by atoms with Crippen molar-refractivity contribution in [2.75, 3.05) is 5.73 Å². The molecule has 0 unspecified atom stereocenters. The molecule has 0 atom stereocenters. The van der Waals surface area contributed by atoms with Crippen LogP contribution in [0.1, 0.15) is 35.6 Å². The lowest BCUT2D eigenvalue weighted by Gasteiger charge is -2.22. The van der Waals surface area contributed by atoms with E-state index >= 15 is 0 Å². The number of hydrogen-bond donors (Lipinski definition) is 2. The largest absolute Gasteiger partial charge is 0.368 e. The van der Waals surface area contributed by atoms with E-state index in [1.165, 1.54) is 0 Å². The summed E-state index contributed by atoms with van der Waals surface area (Å²) in [5, 5.41) is 6.84. The molecule has 5 nitrogen and oxygen atoms in total. The standard InChI is InChI=1S/C18H18N4O/c1-18(2,16-20-17(19)22-21-16)14-9-7-12(8-10-14)15-6-4-3-5-13(15)11-23/h3-11H,1-2H3,(H3,19,20,21,22). The van der Waals surface area contributed by atoms with Crippen molar-refractivity contribution in [1.29, 1.82) is 0 Å². The summed E-state index contributed by atoms with van der Waals surface area (Å²) in [4.78, 5) is 15.4. The van der Waals surface area contributed by atoms with E-state index in [2.05, 4.69) is 15.2 Å². The summed E-state index contributed by atoms with van der Waals surface area (Å²) in [6.45, 7) is 4.09. The summed E-state index contributed by atoms with van der Waals surface area (Å²) in [6.07, 6.45) is 0.879. The maximum absolute atomic E-state index is 11.2. The fraction of sp³-hybridized carbons (Fsp3) is 0.167. The highest BCUT2D eigenvalue weighted by Crippen LogP contribution is 2.31. The Labute approximate surface area is 134 Å². The zero-order valence-corrected chi connectivity index (χ0v) is 13.1. The van der Waals surface area contributed by atoms with Crippen LogP contribution in [0, 0.1) is 0 Å². The average Bonchev–Trinajstić information content (AvgIpc) is 3.02. The molecule has 23 heavy (non-hydrogen) atoms. The average molecular weight is 306 g/mol. The lowest BCUT2D eigenvalue weighted by Crippen LogP contribution is -2.20. The van der Waals surface area contributed by atoms with E-state index in [1.807, 2.05) is 62.4 Å². The Hall–Kier alpha value is -2.95. The molecule has 1 heterocycles. The molecule has 0 amide bonds. The first-order valence-corrected chi connectivity index (χ1v) is 7.36. The Morgan fingerprint density at radius 2 is 1.78 bits per heavy atom. The number of aromatic nitrogens is 3. The van der Waals surface area contributed by atoms with Crippen LogP contribution in [-0.4, -0.2) is 21.5 Å². The Bertz CT molecular complexity index is 834. The summed E-state index contributed by atoms with van der Waals surface area (Å²) < 4.78 is 0. The van der Waals surface area contributed by atoms with Crippen LogP contribution in [0.5, 0.6) is 0 Å². The summed E-state index contributed by atoms with van der Waals surface area (Å²) >= 11 is 0. The van der Waals surface area contributed by atoms with Crippen LogP contribution in [0.15, 0.2) is 48.5 Å². The van der Waals surface area contributed by atoms with Crippen molar-refractivity contribution in [2.45, 2.75) is 19.3 Å². The fourth-order valence-corrected chi connectivity index (χ4v) is 2.61. The number of H-pyrrole nitrogens is 1. The number of aromatic amines is 1. The highest BCUT2D eigenvalue weighted by atomic mass is 16.1. The van der Waals surface area contributed by atoms with E-state index in [0.29, 0.717) is 17.3 Å². The Morgan fingerprint density at radius 1 is 1.09 bits per heavy atom. The van der Waals surface area contributed by atoms with Crippen LogP contribution in [0.25, 0.3) is 11.1 Å². The van der Waals surface area contributed by atoms with Crippen LogP contribution < -0.4 is 5.73 Å². The summed E-state index contributed by atoms with van der Waals surface area (Å²) in [5.41, 5.74) is 8.94. The smallest absolute Gasteiger partial charge is 0.216 e. The second-order valence-corrected chi connectivity index (χ2v) is 5.95. The van der Waals surface area contributed by atoms with E-state index in [1.54, 1.807) is 0 Å². The van der Waals surface area contributed by atoms with E-state index in [9.17, 15) is 4.79 Å². The number of nitrogens with one attached hydrogen (secondary N) is 1. The third-order valence-electron chi connectivity index (χ3n) is 4.07. The summed E-state index contributed by atoms with van der Waals surface area (Å²) in [7, 11) is 0. The number of carbonyl (C=O) groups excluding carboxylic acids is 1. The first-order valence-electron chi connectivity index (χ1n) is 7.36. The molecule has 3 aromatic rings. The maximum Gasteiger partial charge on any atom is 0.216 e. The molecule has 2 aromatic carbocycles. The van der Waals surface area contributed by atoms with Gasteiger partial charge in [0.25, 0.3) is 0 Å². The minimum atomic E-state index is -0.364. The molecule has 0 aliphatic carbocycles.